The standard InChI is InChI=1S/C17H25NO3/c1-11-4-5-13(10-12(11)2)17(20)15(18-14-6-7-14)8-9-16(19)21-3/h4-5,10,14-15,17-18,20H,6-9H2,1-3H3. The molecule has 2 N–H and O–H groups in total. The summed E-state index contributed by atoms with van der Waals surface area (Å²) in [5.74, 6) is -0.232. The van der Waals surface area contributed by atoms with Gasteiger partial charge in [-0.3, -0.25) is 4.79 Å². The Balaban J connectivity index is 2.06. The lowest BCUT2D eigenvalue weighted by atomic mass is 9.95. The molecule has 4 heteroatoms. The van der Waals surface area contributed by atoms with Crippen LogP contribution in [-0.2, 0) is 9.53 Å². The minimum absolute atomic E-state index is 0.112. The third-order valence-corrected chi connectivity index (χ3v) is 4.17. The van der Waals surface area contributed by atoms with Crippen LogP contribution in [-0.4, -0.2) is 30.3 Å². The molecular weight excluding hydrogens is 266 g/mol. The maximum Gasteiger partial charge on any atom is 0.305 e. The molecule has 0 radical (unpaired) electrons. The Bertz CT molecular complexity index is 497. The lowest BCUT2D eigenvalue weighted by Crippen LogP contribution is -2.37. The van der Waals surface area contributed by atoms with Crippen LogP contribution in [0.5, 0.6) is 0 Å². The fourth-order valence-electron chi connectivity index (χ4n) is 2.44. The highest BCUT2D eigenvalue weighted by Crippen LogP contribution is 2.27. The van der Waals surface area contributed by atoms with Crippen LogP contribution in [0.4, 0.5) is 0 Å². The Kier molecular flexibility index (Phi) is 5.37. The van der Waals surface area contributed by atoms with Crippen LogP contribution in [0, 0.1) is 13.8 Å². The summed E-state index contributed by atoms with van der Waals surface area (Å²) in [6.07, 6.45) is 2.59. The number of aliphatic hydroxyl groups is 1. The number of rotatable bonds is 7. The molecule has 1 saturated carbocycles. The molecule has 0 aliphatic heterocycles. The maximum absolute atomic E-state index is 11.3. The van der Waals surface area contributed by atoms with Crippen LogP contribution >= 0.6 is 0 Å². The van der Waals surface area contributed by atoms with Crippen molar-refractivity contribution in [2.45, 2.75) is 57.7 Å². The molecule has 0 bridgehead atoms. The molecule has 0 aromatic heterocycles. The summed E-state index contributed by atoms with van der Waals surface area (Å²) < 4.78 is 4.69. The van der Waals surface area contributed by atoms with Gasteiger partial charge in [-0.1, -0.05) is 18.2 Å². The highest BCUT2D eigenvalue weighted by molar-refractivity contribution is 5.69. The number of aryl methyl sites for hydroxylation is 2. The average molecular weight is 291 g/mol. The van der Waals surface area contributed by atoms with Crippen LogP contribution < -0.4 is 5.32 Å². The van der Waals surface area contributed by atoms with Crippen LogP contribution in [0.25, 0.3) is 0 Å². The van der Waals surface area contributed by atoms with Crippen molar-refractivity contribution in [3.05, 3.63) is 34.9 Å². The number of esters is 1. The van der Waals surface area contributed by atoms with Crippen LogP contribution in [0.15, 0.2) is 18.2 Å². The van der Waals surface area contributed by atoms with Crippen molar-refractivity contribution < 1.29 is 14.6 Å². The summed E-state index contributed by atoms with van der Waals surface area (Å²) in [4.78, 5) is 11.3. The molecule has 1 fully saturated rings. The summed E-state index contributed by atoms with van der Waals surface area (Å²) in [6.45, 7) is 4.10. The van der Waals surface area contributed by atoms with Crippen molar-refractivity contribution in [3.8, 4) is 0 Å². The third kappa shape index (κ3) is 4.55. The summed E-state index contributed by atoms with van der Waals surface area (Å²) in [5, 5.41) is 14.1. The molecule has 1 aliphatic carbocycles. The number of hydrogen-bond acceptors (Lipinski definition) is 4. The number of methoxy groups -OCH3 is 1. The molecule has 1 aromatic rings. The van der Waals surface area contributed by atoms with Gasteiger partial charge in [-0.2, -0.15) is 0 Å². The minimum Gasteiger partial charge on any atom is -0.469 e. The third-order valence-electron chi connectivity index (χ3n) is 4.17. The van der Waals surface area contributed by atoms with Crippen molar-refractivity contribution in [2.75, 3.05) is 7.11 Å². The monoisotopic (exact) mass is 291 g/mol. The van der Waals surface area contributed by atoms with Gasteiger partial charge in [0.2, 0.25) is 0 Å². The van der Waals surface area contributed by atoms with E-state index in [1.807, 2.05) is 25.1 Å². The quantitative estimate of drug-likeness (QED) is 0.757. The van der Waals surface area contributed by atoms with Crippen molar-refractivity contribution >= 4 is 5.97 Å². The zero-order chi connectivity index (χ0) is 15.4. The molecule has 2 atom stereocenters. The average Bonchev–Trinajstić information content (AvgIpc) is 3.29. The highest BCUT2D eigenvalue weighted by Gasteiger charge is 2.29. The second-order valence-electron chi connectivity index (χ2n) is 5.95. The smallest absolute Gasteiger partial charge is 0.305 e. The Labute approximate surface area is 126 Å². The second-order valence-corrected chi connectivity index (χ2v) is 5.95. The van der Waals surface area contributed by atoms with Crippen LogP contribution in [0.2, 0.25) is 0 Å². The van der Waals surface area contributed by atoms with E-state index in [0.717, 1.165) is 18.4 Å². The van der Waals surface area contributed by atoms with Gasteiger partial charge in [0.25, 0.3) is 0 Å². The molecule has 2 unspecified atom stereocenters. The topological polar surface area (TPSA) is 58.6 Å². The number of ether oxygens (including phenoxy) is 1. The maximum atomic E-state index is 11.3. The minimum atomic E-state index is -0.602. The molecule has 0 heterocycles. The van der Waals surface area contributed by atoms with E-state index in [9.17, 15) is 9.90 Å². The molecule has 0 amide bonds. The van der Waals surface area contributed by atoms with Gasteiger partial charge >= 0.3 is 5.97 Å². The number of nitrogens with one attached hydrogen (secondary N) is 1. The van der Waals surface area contributed by atoms with Crippen molar-refractivity contribution in [1.82, 2.24) is 5.32 Å². The van der Waals surface area contributed by atoms with Crippen LogP contribution in [0.1, 0.15) is 48.5 Å². The van der Waals surface area contributed by atoms with Gasteiger partial charge < -0.3 is 15.2 Å². The fraction of sp³-hybridized carbons (Fsp3) is 0.588. The Hall–Kier alpha value is -1.39. The van der Waals surface area contributed by atoms with E-state index in [-0.39, 0.29) is 12.0 Å². The molecule has 4 nitrogen and oxygen atoms in total. The van der Waals surface area contributed by atoms with Crippen molar-refractivity contribution in [2.24, 2.45) is 0 Å². The highest BCUT2D eigenvalue weighted by atomic mass is 16.5. The first-order valence-corrected chi connectivity index (χ1v) is 7.59. The van der Waals surface area contributed by atoms with Gasteiger partial charge in [0.05, 0.1) is 13.2 Å². The van der Waals surface area contributed by atoms with Gasteiger partial charge in [-0.05, 0) is 49.8 Å². The molecule has 2 rings (SSSR count). The Morgan fingerprint density at radius 3 is 2.67 bits per heavy atom. The van der Waals surface area contributed by atoms with Crippen LogP contribution in [0.3, 0.4) is 0 Å². The molecule has 116 valence electrons. The normalized spacial score (nSPS) is 17.3. The lowest BCUT2D eigenvalue weighted by molar-refractivity contribution is -0.141. The van der Waals surface area contributed by atoms with Gasteiger partial charge in [-0.25, -0.2) is 0 Å². The SMILES string of the molecule is COC(=O)CCC(NC1CC1)C(O)c1ccc(C)c(C)c1. The van der Waals surface area contributed by atoms with Gasteiger partial charge in [-0.15, -0.1) is 0 Å². The van der Waals surface area contributed by atoms with E-state index < -0.39 is 6.10 Å². The Morgan fingerprint density at radius 2 is 2.10 bits per heavy atom. The van der Waals surface area contributed by atoms with E-state index in [4.69, 9.17) is 4.74 Å². The number of aliphatic hydroxyl groups excluding tert-OH is 1. The molecule has 0 spiro atoms. The summed E-state index contributed by atoms with van der Waals surface area (Å²) in [7, 11) is 1.39. The number of carbonyl (C=O) groups excluding carboxylic acids is 1. The first kappa shape index (κ1) is 16.0. The predicted octanol–water partition coefficient (Wildman–Crippen LogP) is 2.41. The second kappa shape index (κ2) is 7.05. The summed E-state index contributed by atoms with van der Waals surface area (Å²) in [6, 6.07) is 6.39. The molecule has 21 heavy (non-hydrogen) atoms. The van der Waals surface area contributed by atoms with Gasteiger partial charge in [0, 0.05) is 18.5 Å². The van der Waals surface area contributed by atoms with E-state index in [0.29, 0.717) is 18.9 Å². The van der Waals surface area contributed by atoms with E-state index in [1.165, 1.54) is 18.2 Å². The first-order chi connectivity index (χ1) is 10.0. The zero-order valence-corrected chi connectivity index (χ0v) is 13.1. The first-order valence-electron chi connectivity index (χ1n) is 7.59. The summed E-state index contributed by atoms with van der Waals surface area (Å²) in [5.41, 5.74) is 3.29. The van der Waals surface area contributed by atoms with E-state index in [2.05, 4.69) is 12.2 Å². The lowest BCUT2D eigenvalue weighted by Gasteiger charge is -2.25. The van der Waals surface area contributed by atoms with E-state index >= 15 is 0 Å². The fourth-order valence-corrected chi connectivity index (χ4v) is 2.44. The summed E-state index contributed by atoms with van der Waals surface area (Å²) >= 11 is 0. The van der Waals surface area contributed by atoms with Crippen molar-refractivity contribution in [1.29, 1.82) is 0 Å². The number of benzene rings is 1. The molecule has 0 saturated heterocycles. The molecular formula is C17H25NO3. The van der Waals surface area contributed by atoms with Gasteiger partial charge in [0.15, 0.2) is 0 Å². The zero-order valence-electron chi connectivity index (χ0n) is 13.1. The molecule has 1 aromatic carbocycles. The predicted molar refractivity (Wildman–Crippen MR) is 82.1 cm³/mol. The number of hydrogen-bond donors (Lipinski definition) is 2. The van der Waals surface area contributed by atoms with E-state index in [1.54, 1.807) is 0 Å². The largest absolute Gasteiger partial charge is 0.469 e. The van der Waals surface area contributed by atoms with Crippen molar-refractivity contribution in [3.63, 3.8) is 0 Å². The number of carbonyl (C=O) groups is 1. The van der Waals surface area contributed by atoms with Gasteiger partial charge in [0.1, 0.15) is 0 Å². The Morgan fingerprint density at radius 1 is 1.38 bits per heavy atom. The molecule has 1 aliphatic rings.